The summed E-state index contributed by atoms with van der Waals surface area (Å²) in [5.41, 5.74) is 2.35. The maximum Gasteiger partial charge on any atom is 0.146 e. The Morgan fingerprint density at radius 2 is 2.07 bits per heavy atom. The summed E-state index contributed by atoms with van der Waals surface area (Å²) in [5.74, 6) is 1.77. The number of rotatable bonds is 3. The third-order valence-corrected chi connectivity index (χ3v) is 2.29. The molecule has 0 saturated carbocycles. The lowest BCUT2D eigenvalue weighted by Gasteiger charge is -2.08. The second kappa shape index (κ2) is 4.22. The maximum absolute atomic E-state index is 5.67. The van der Waals surface area contributed by atoms with Gasteiger partial charge in [-0.25, -0.2) is 0 Å². The molecule has 0 amide bonds. The predicted octanol–water partition coefficient (Wildman–Crippen LogP) is 3.48. The van der Waals surface area contributed by atoms with Crippen LogP contribution in [-0.2, 0) is 6.61 Å². The van der Waals surface area contributed by atoms with Crippen molar-refractivity contribution in [2.75, 3.05) is 0 Å². The van der Waals surface area contributed by atoms with Crippen LogP contribution >= 0.6 is 0 Å². The van der Waals surface area contributed by atoms with Crippen LogP contribution in [0, 0.1) is 13.8 Å². The summed E-state index contributed by atoms with van der Waals surface area (Å²) in [5, 5.41) is 0. The zero-order valence-corrected chi connectivity index (χ0v) is 8.99. The Balaban J connectivity index is 2.07. The minimum absolute atomic E-state index is 0.483. The van der Waals surface area contributed by atoms with E-state index < -0.39 is 0 Å². The van der Waals surface area contributed by atoms with E-state index in [2.05, 4.69) is 19.1 Å². The van der Waals surface area contributed by atoms with Crippen LogP contribution in [-0.4, -0.2) is 0 Å². The summed E-state index contributed by atoms with van der Waals surface area (Å²) in [4.78, 5) is 0. The standard InChI is InChI=1S/C13H14O2/c1-10-5-6-11(2)13(8-10)15-9-12-4-3-7-14-12/h3-8H,9H2,1-2H3. The summed E-state index contributed by atoms with van der Waals surface area (Å²) in [6.45, 7) is 4.58. The van der Waals surface area contributed by atoms with Crippen LogP contribution in [0.3, 0.4) is 0 Å². The van der Waals surface area contributed by atoms with Crippen LogP contribution in [0.2, 0.25) is 0 Å². The molecule has 2 nitrogen and oxygen atoms in total. The van der Waals surface area contributed by atoms with Gasteiger partial charge in [-0.1, -0.05) is 12.1 Å². The van der Waals surface area contributed by atoms with Crippen LogP contribution < -0.4 is 4.74 Å². The lowest BCUT2D eigenvalue weighted by molar-refractivity contribution is 0.268. The number of hydrogen-bond donors (Lipinski definition) is 0. The van der Waals surface area contributed by atoms with Crippen molar-refractivity contribution in [1.29, 1.82) is 0 Å². The molecule has 0 bridgehead atoms. The molecule has 2 aromatic rings. The van der Waals surface area contributed by atoms with Crippen molar-refractivity contribution in [3.05, 3.63) is 53.5 Å². The van der Waals surface area contributed by atoms with Gasteiger partial charge in [0.1, 0.15) is 18.1 Å². The Morgan fingerprint density at radius 3 is 2.80 bits per heavy atom. The topological polar surface area (TPSA) is 22.4 Å². The van der Waals surface area contributed by atoms with Gasteiger partial charge in [-0.15, -0.1) is 0 Å². The van der Waals surface area contributed by atoms with E-state index >= 15 is 0 Å². The molecule has 0 aliphatic carbocycles. The highest BCUT2D eigenvalue weighted by Crippen LogP contribution is 2.20. The van der Waals surface area contributed by atoms with Crippen molar-refractivity contribution in [1.82, 2.24) is 0 Å². The largest absolute Gasteiger partial charge is 0.485 e. The summed E-state index contributed by atoms with van der Waals surface area (Å²) in [6, 6.07) is 9.95. The molecule has 0 atom stereocenters. The quantitative estimate of drug-likeness (QED) is 0.760. The van der Waals surface area contributed by atoms with Gasteiger partial charge in [0.25, 0.3) is 0 Å². The molecule has 78 valence electrons. The molecule has 0 spiro atoms. The zero-order valence-electron chi connectivity index (χ0n) is 8.99. The Morgan fingerprint density at radius 1 is 1.20 bits per heavy atom. The van der Waals surface area contributed by atoms with Gasteiger partial charge in [-0.3, -0.25) is 0 Å². The van der Waals surface area contributed by atoms with Gasteiger partial charge in [0, 0.05) is 0 Å². The fraction of sp³-hybridized carbons (Fsp3) is 0.231. The van der Waals surface area contributed by atoms with Crippen LogP contribution in [0.25, 0.3) is 0 Å². The fourth-order valence-corrected chi connectivity index (χ4v) is 1.41. The first-order valence-electron chi connectivity index (χ1n) is 4.98. The summed E-state index contributed by atoms with van der Waals surface area (Å²) in [7, 11) is 0. The van der Waals surface area contributed by atoms with Crippen molar-refractivity contribution in [3.8, 4) is 5.75 Å². The predicted molar refractivity (Wildman–Crippen MR) is 59.0 cm³/mol. The highest BCUT2D eigenvalue weighted by molar-refractivity contribution is 5.35. The van der Waals surface area contributed by atoms with Gasteiger partial charge in [-0.05, 0) is 43.2 Å². The molecule has 0 aliphatic heterocycles. The molecule has 2 rings (SSSR count). The molecule has 0 radical (unpaired) electrons. The number of hydrogen-bond acceptors (Lipinski definition) is 2. The van der Waals surface area contributed by atoms with E-state index in [1.807, 2.05) is 25.1 Å². The summed E-state index contributed by atoms with van der Waals surface area (Å²) < 4.78 is 10.9. The van der Waals surface area contributed by atoms with Crippen LogP contribution in [0.5, 0.6) is 5.75 Å². The van der Waals surface area contributed by atoms with E-state index in [0.29, 0.717) is 6.61 Å². The molecule has 2 heteroatoms. The van der Waals surface area contributed by atoms with Crippen molar-refractivity contribution in [2.24, 2.45) is 0 Å². The first kappa shape index (κ1) is 9.84. The van der Waals surface area contributed by atoms with Crippen LogP contribution in [0.4, 0.5) is 0 Å². The van der Waals surface area contributed by atoms with E-state index in [-0.39, 0.29) is 0 Å². The molecular weight excluding hydrogens is 188 g/mol. The van der Waals surface area contributed by atoms with Gasteiger partial charge in [0.05, 0.1) is 6.26 Å². The molecule has 0 aliphatic rings. The van der Waals surface area contributed by atoms with E-state index in [1.165, 1.54) is 5.56 Å². The molecule has 0 saturated heterocycles. The van der Waals surface area contributed by atoms with Crippen LogP contribution in [0.15, 0.2) is 41.0 Å². The highest BCUT2D eigenvalue weighted by atomic mass is 16.5. The smallest absolute Gasteiger partial charge is 0.146 e. The third kappa shape index (κ3) is 2.40. The number of furan rings is 1. The van der Waals surface area contributed by atoms with E-state index in [4.69, 9.17) is 9.15 Å². The first-order chi connectivity index (χ1) is 7.25. The Bertz CT molecular complexity index is 430. The van der Waals surface area contributed by atoms with Crippen molar-refractivity contribution < 1.29 is 9.15 Å². The van der Waals surface area contributed by atoms with Gasteiger partial charge in [0.2, 0.25) is 0 Å². The zero-order chi connectivity index (χ0) is 10.7. The minimum atomic E-state index is 0.483. The minimum Gasteiger partial charge on any atom is -0.485 e. The van der Waals surface area contributed by atoms with Gasteiger partial charge >= 0.3 is 0 Å². The lowest BCUT2D eigenvalue weighted by atomic mass is 10.1. The average Bonchev–Trinajstić information content (AvgIpc) is 2.72. The molecule has 1 aromatic carbocycles. The molecule has 15 heavy (non-hydrogen) atoms. The average molecular weight is 202 g/mol. The normalized spacial score (nSPS) is 10.3. The molecule has 1 aromatic heterocycles. The molecule has 0 unspecified atom stereocenters. The Kier molecular flexibility index (Phi) is 2.77. The molecule has 0 N–H and O–H groups in total. The number of ether oxygens (including phenoxy) is 1. The Labute approximate surface area is 89.5 Å². The van der Waals surface area contributed by atoms with E-state index in [9.17, 15) is 0 Å². The lowest BCUT2D eigenvalue weighted by Crippen LogP contribution is -1.95. The third-order valence-electron chi connectivity index (χ3n) is 2.29. The molecule has 0 fully saturated rings. The van der Waals surface area contributed by atoms with Crippen molar-refractivity contribution in [2.45, 2.75) is 20.5 Å². The SMILES string of the molecule is Cc1ccc(C)c(OCc2ccco2)c1. The first-order valence-corrected chi connectivity index (χ1v) is 4.98. The Hall–Kier alpha value is -1.70. The van der Waals surface area contributed by atoms with Gasteiger partial charge in [0.15, 0.2) is 0 Å². The second-order valence-corrected chi connectivity index (χ2v) is 3.64. The van der Waals surface area contributed by atoms with Crippen molar-refractivity contribution >= 4 is 0 Å². The highest BCUT2D eigenvalue weighted by Gasteiger charge is 2.01. The second-order valence-electron chi connectivity index (χ2n) is 3.64. The summed E-state index contributed by atoms with van der Waals surface area (Å²) in [6.07, 6.45) is 1.65. The monoisotopic (exact) mass is 202 g/mol. The van der Waals surface area contributed by atoms with E-state index in [1.54, 1.807) is 6.26 Å². The number of benzene rings is 1. The number of aryl methyl sites for hydroxylation is 2. The summed E-state index contributed by atoms with van der Waals surface area (Å²) >= 11 is 0. The maximum atomic E-state index is 5.67. The van der Waals surface area contributed by atoms with Crippen molar-refractivity contribution in [3.63, 3.8) is 0 Å². The molecular formula is C13H14O2. The fourth-order valence-electron chi connectivity index (χ4n) is 1.41. The van der Waals surface area contributed by atoms with Crippen LogP contribution in [0.1, 0.15) is 16.9 Å². The van der Waals surface area contributed by atoms with Gasteiger partial charge < -0.3 is 9.15 Å². The molecule has 1 heterocycles. The van der Waals surface area contributed by atoms with E-state index in [0.717, 1.165) is 17.1 Å². The van der Waals surface area contributed by atoms with Gasteiger partial charge in [-0.2, -0.15) is 0 Å².